The molecular formula is C8H5ClN2O2S. The second-order valence-corrected chi connectivity index (χ2v) is 4.01. The molecule has 0 radical (unpaired) electrons. The number of thioether (sulfide) groups is 1. The van der Waals surface area contributed by atoms with Crippen molar-refractivity contribution in [3.8, 4) is 0 Å². The van der Waals surface area contributed by atoms with Crippen molar-refractivity contribution >= 4 is 40.3 Å². The van der Waals surface area contributed by atoms with Crippen molar-refractivity contribution in [1.29, 1.82) is 0 Å². The van der Waals surface area contributed by atoms with Gasteiger partial charge in [-0.15, -0.1) is 11.8 Å². The van der Waals surface area contributed by atoms with Gasteiger partial charge in [0.1, 0.15) is 11.5 Å². The zero-order chi connectivity index (χ0) is 10.1. The van der Waals surface area contributed by atoms with Gasteiger partial charge in [-0.05, 0) is 23.7 Å². The molecule has 0 spiro atoms. The summed E-state index contributed by atoms with van der Waals surface area (Å²) in [6, 6.07) is 3.26. The molecule has 0 atom stereocenters. The molecule has 4 nitrogen and oxygen atoms in total. The van der Waals surface area contributed by atoms with Crippen molar-refractivity contribution in [2.24, 2.45) is 0 Å². The Morgan fingerprint density at radius 1 is 1.57 bits per heavy atom. The van der Waals surface area contributed by atoms with Gasteiger partial charge in [-0.3, -0.25) is 9.59 Å². The molecule has 1 aromatic heterocycles. The van der Waals surface area contributed by atoms with E-state index < -0.39 is 5.24 Å². The fourth-order valence-electron chi connectivity index (χ4n) is 1.07. The number of fused-ring (bicyclic) bond motifs is 1. The predicted molar refractivity (Wildman–Crippen MR) is 53.8 cm³/mol. The average Bonchev–Trinajstić information content (AvgIpc) is 2.16. The number of rotatable bonds is 1. The molecule has 1 N–H and O–H groups in total. The van der Waals surface area contributed by atoms with Crippen LogP contribution in [0.2, 0.25) is 0 Å². The molecule has 1 aliphatic heterocycles. The summed E-state index contributed by atoms with van der Waals surface area (Å²) in [7, 11) is 0. The third-order valence-corrected chi connectivity index (χ3v) is 2.92. The molecule has 2 heterocycles. The van der Waals surface area contributed by atoms with Gasteiger partial charge in [-0.1, -0.05) is 0 Å². The summed E-state index contributed by atoms with van der Waals surface area (Å²) in [6.45, 7) is 0. The van der Waals surface area contributed by atoms with Gasteiger partial charge >= 0.3 is 0 Å². The molecule has 1 aliphatic rings. The molecule has 0 saturated carbocycles. The standard InChI is InChI=1S/C8H5ClN2O2S/c9-7(13)4-1-2-5-8(10-4)11-6(12)3-14-5/h1-2H,3H2,(H,10,11,12). The van der Waals surface area contributed by atoms with Gasteiger partial charge in [0.15, 0.2) is 0 Å². The fraction of sp³-hybridized carbons (Fsp3) is 0.125. The van der Waals surface area contributed by atoms with Crippen LogP contribution >= 0.6 is 23.4 Å². The number of carbonyl (C=O) groups excluding carboxylic acids is 2. The summed E-state index contributed by atoms with van der Waals surface area (Å²) in [6.07, 6.45) is 0. The lowest BCUT2D eigenvalue weighted by atomic mass is 10.3. The minimum absolute atomic E-state index is 0.117. The van der Waals surface area contributed by atoms with Crippen LogP contribution in [0.5, 0.6) is 0 Å². The van der Waals surface area contributed by atoms with E-state index in [2.05, 4.69) is 10.3 Å². The normalized spacial score (nSPS) is 14.5. The quantitative estimate of drug-likeness (QED) is 0.741. The Labute approximate surface area is 89.0 Å². The van der Waals surface area contributed by atoms with Crippen molar-refractivity contribution in [1.82, 2.24) is 4.98 Å². The van der Waals surface area contributed by atoms with Crippen molar-refractivity contribution in [2.45, 2.75) is 4.90 Å². The van der Waals surface area contributed by atoms with Crippen LogP contribution in [0.25, 0.3) is 0 Å². The Morgan fingerprint density at radius 3 is 3.07 bits per heavy atom. The third kappa shape index (κ3) is 1.73. The molecule has 1 aromatic rings. The van der Waals surface area contributed by atoms with Crippen LogP contribution in [-0.2, 0) is 4.79 Å². The van der Waals surface area contributed by atoms with Crippen LogP contribution < -0.4 is 5.32 Å². The molecule has 0 aliphatic carbocycles. The molecule has 2 rings (SSSR count). The topological polar surface area (TPSA) is 59.1 Å². The lowest BCUT2D eigenvalue weighted by Crippen LogP contribution is -2.20. The molecule has 0 fully saturated rings. The summed E-state index contributed by atoms with van der Waals surface area (Å²) in [5.41, 5.74) is 0.146. The zero-order valence-corrected chi connectivity index (χ0v) is 8.48. The first-order chi connectivity index (χ1) is 6.66. The lowest BCUT2D eigenvalue weighted by Gasteiger charge is -2.14. The van der Waals surface area contributed by atoms with Crippen LogP contribution in [0.3, 0.4) is 0 Å². The molecule has 0 unspecified atom stereocenters. The minimum atomic E-state index is -0.627. The summed E-state index contributed by atoms with van der Waals surface area (Å²) < 4.78 is 0. The van der Waals surface area contributed by atoms with E-state index in [0.29, 0.717) is 11.6 Å². The molecule has 14 heavy (non-hydrogen) atoms. The molecule has 0 aromatic carbocycles. The number of nitrogens with one attached hydrogen (secondary N) is 1. The largest absolute Gasteiger partial charge is 0.309 e. The Kier molecular flexibility index (Phi) is 2.43. The predicted octanol–water partition coefficient (Wildman–Crippen LogP) is 1.50. The maximum absolute atomic E-state index is 11.0. The minimum Gasteiger partial charge on any atom is -0.309 e. The molecule has 1 amide bonds. The van der Waals surface area contributed by atoms with Crippen LogP contribution in [0.4, 0.5) is 5.82 Å². The number of pyridine rings is 1. The first-order valence-corrected chi connectivity index (χ1v) is 5.17. The van der Waals surface area contributed by atoms with E-state index in [1.54, 1.807) is 12.1 Å². The highest BCUT2D eigenvalue weighted by Gasteiger charge is 2.17. The van der Waals surface area contributed by atoms with Gasteiger partial charge < -0.3 is 5.32 Å². The molecule has 6 heteroatoms. The van der Waals surface area contributed by atoms with Gasteiger partial charge in [0.05, 0.1) is 10.6 Å². The van der Waals surface area contributed by atoms with E-state index in [1.165, 1.54) is 11.8 Å². The van der Waals surface area contributed by atoms with E-state index in [1.807, 2.05) is 0 Å². The SMILES string of the molecule is O=C1CSc2ccc(C(=O)Cl)nc2N1. The molecule has 0 saturated heterocycles. The number of hydrogen-bond donors (Lipinski definition) is 1. The van der Waals surface area contributed by atoms with E-state index in [-0.39, 0.29) is 11.6 Å². The Hall–Kier alpha value is -1.07. The second kappa shape index (κ2) is 3.59. The van der Waals surface area contributed by atoms with E-state index >= 15 is 0 Å². The maximum atomic E-state index is 11.0. The number of aromatic nitrogens is 1. The van der Waals surface area contributed by atoms with Crippen molar-refractivity contribution < 1.29 is 9.59 Å². The average molecular weight is 229 g/mol. The molecule has 0 bridgehead atoms. The highest BCUT2D eigenvalue weighted by Crippen LogP contribution is 2.29. The van der Waals surface area contributed by atoms with Gasteiger partial charge in [-0.2, -0.15) is 0 Å². The Morgan fingerprint density at radius 2 is 2.36 bits per heavy atom. The van der Waals surface area contributed by atoms with Gasteiger partial charge in [0, 0.05) is 0 Å². The third-order valence-electron chi connectivity index (χ3n) is 1.68. The number of amides is 1. The van der Waals surface area contributed by atoms with Crippen LogP contribution in [0.15, 0.2) is 17.0 Å². The monoisotopic (exact) mass is 228 g/mol. The van der Waals surface area contributed by atoms with Gasteiger partial charge in [0.25, 0.3) is 5.24 Å². The number of halogens is 1. The smallest absolute Gasteiger partial charge is 0.270 e. The van der Waals surface area contributed by atoms with Crippen LogP contribution in [0.1, 0.15) is 10.5 Å². The van der Waals surface area contributed by atoms with Gasteiger partial charge in [0.2, 0.25) is 5.91 Å². The highest BCUT2D eigenvalue weighted by atomic mass is 35.5. The lowest BCUT2D eigenvalue weighted by molar-refractivity contribution is -0.113. The Bertz CT molecular complexity index is 422. The van der Waals surface area contributed by atoms with Gasteiger partial charge in [-0.25, -0.2) is 4.98 Å². The molecular weight excluding hydrogens is 224 g/mol. The van der Waals surface area contributed by atoms with Crippen LogP contribution in [-0.4, -0.2) is 21.9 Å². The van der Waals surface area contributed by atoms with E-state index in [4.69, 9.17) is 11.6 Å². The summed E-state index contributed by atoms with van der Waals surface area (Å²) in [5, 5.41) is 1.95. The van der Waals surface area contributed by atoms with Crippen LogP contribution in [0, 0.1) is 0 Å². The zero-order valence-electron chi connectivity index (χ0n) is 6.91. The summed E-state index contributed by atoms with van der Waals surface area (Å²) >= 11 is 6.65. The van der Waals surface area contributed by atoms with E-state index in [0.717, 1.165) is 4.90 Å². The number of nitrogens with zero attached hydrogens (tertiary/aromatic N) is 1. The van der Waals surface area contributed by atoms with Crippen molar-refractivity contribution in [3.05, 3.63) is 17.8 Å². The first kappa shape index (κ1) is 9.48. The number of carbonyl (C=O) groups is 2. The number of anilines is 1. The van der Waals surface area contributed by atoms with E-state index in [9.17, 15) is 9.59 Å². The highest BCUT2D eigenvalue weighted by molar-refractivity contribution is 8.00. The summed E-state index contributed by atoms with van der Waals surface area (Å²) in [4.78, 5) is 26.6. The summed E-state index contributed by atoms with van der Waals surface area (Å²) in [5.74, 6) is 0.676. The fourth-order valence-corrected chi connectivity index (χ4v) is 1.93. The first-order valence-electron chi connectivity index (χ1n) is 3.80. The Balaban J connectivity index is 2.42. The second-order valence-electron chi connectivity index (χ2n) is 2.65. The van der Waals surface area contributed by atoms with Crippen molar-refractivity contribution in [3.63, 3.8) is 0 Å². The van der Waals surface area contributed by atoms with Crippen molar-refractivity contribution in [2.75, 3.05) is 11.1 Å². The maximum Gasteiger partial charge on any atom is 0.270 e. The number of hydrogen-bond acceptors (Lipinski definition) is 4. The molecule has 72 valence electrons.